The van der Waals surface area contributed by atoms with Gasteiger partial charge in [-0.3, -0.25) is 4.99 Å². The quantitative estimate of drug-likeness (QED) is 0.312. The first-order valence-electron chi connectivity index (χ1n) is 11.4. The summed E-state index contributed by atoms with van der Waals surface area (Å²) in [7, 11) is 0. The number of nitrogens with zero attached hydrogens (tertiary/aromatic N) is 3. The Hall–Kier alpha value is -1.14. The molecule has 0 bridgehead atoms. The van der Waals surface area contributed by atoms with Crippen molar-refractivity contribution in [2.75, 3.05) is 32.7 Å². The van der Waals surface area contributed by atoms with Crippen molar-refractivity contribution >= 4 is 17.3 Å². The van der Waals surface area contributed by atoms with E-state index >= 15 is 0 Å². The van der Waals surface area contributed by atoms with Crippen LogP contribution < -0.4 is 10.6 Å². The number of fused-ring (bicyclic) bond motifs is 1. The summed E-state index contributed by atoms with van der Waals surface area (Å²) in [5.74, 6) is 0.955. The maximum atomic E-state index is 4.85. The first kappa shape index (κ1) is 23.1. The number of aromatic nitrogens is 1. The average molecular weight is 408 g/mol. The largest absolute Gasteiger partial charge is 0.357 e. The van der Waals surface area contributed by atoms with Crippen molar-refractivity contribution in [3.8, 4) is 0 Å². The van der Waals surface area contributed by atoms with Gasteiger partial charge in [-0.05, 0) is 78.4 Å². The van der Waals surface area contributed by atoms with Gasteiger partial charge in [0.2, 0.25) is 0 Å². The lowest BCUT2D eigenvalue weighted by Crippen LogP contribution is -2.42. The molecule has 0 radical (unpaired) electrons. The second-order valence-corrected chi connectivity index (χ2v) is 8.93. The number of rotatable bonds is 12. The summed E-state index contributed by atoms with van der Waals surface area (Å²) in [6, 6.07) is 0.444. The summed E-state index contributed by atoms with van der Waals surface area (Å²) in [6.07, 6.45) is 9.60. The Labute approximate surface area is 176 Å². The van der Waals surface area contributed by atoms with E-state index in [-0.39, 0.29) is 0 Å². The third-order valence-electron chi connectivity index (χ3n) is 5.44. The Morgan fingerprint density at radius 3 is 2.68 bits per heavy atom. The molecule has 1 aromatic heterocycles. The molecular weight excluding hydrogens is 366 g/mol. The van der Waals surface area contributed by atoms with Crippen molar-refractivity contribution < 1.29 is 0 Å². The highest BCUT2D eigenvalue weighted by molar-refractivity contribution is 7.11. The molecule has 0 saturated carbocycles. The topological polar surface area (TPSA) is 52.6 Å². The molecule has 5 nitrogen and oxygen atoms in total. The van der Waals surface area contributed by atoms with E-state index in [4.69, 9.17) is 9.98 Å². The third-order valence-corrected chi connectivity index (χ3v) is 6.66. The Morgan fingerprint density at radius 1 is 1.18 bits per heavy atom. The van der Waals surface area contributed by atoms with E-state index in [9.17, 15) is 0 Å². The molecule has 2 rings (SSSR count). The van der Waals surface area contributed by atoms with Crippen LogP contribution in [0.3, 0.4) is 0 Å². The second-order valence-electron chi connectivity index (χ2n) is 7.76. The minimum atomic E-state index is 0.444. The van der Waals surface area contributed by atoms with E-state index in [0.29, 0.717) is 6.04 Å². The summed E-state index contributed by atoms with van der Waals surface area (Å²) >= 11 is 1.94. The van der Waals surface area contributed by atoms with Crippen LogP contribution in [-0.4, -0.2) is 54.6 Å². The molecule has 0 saturated heterocycles. The van der Waals surface area contributed by atoms with Gasteiger partial charge in [0.15, 0.2) is 5.96 Å². The van der Waals surface area contributed by atoms with Crippen LogP contribution in [0, 0.1) is 0 Å². The van der Waals surface area contributed by atoms with E-state index in [0.717, 1.165) is 45.0 Å². The SMILES string of the molecule is CCNC(=NCCCc1nc2c(s1)CCCC2)NC(C)CCCN(CC)CC. The van der Waals surface area contributed by atoms with Crippen LogP contribution in [0.15, 0.2) is 4.99 Å². The second kappa shape index (κ2) is 13.2. The lowest BCUT2D eigenvalue weighted by Gasteiger charge is -2.21. The number of aryl methyl sites for hydroxylation is 3. The third kappa shape index (κ3) is 8.08. The van der Waals surface area contributed by atoms with Crippen LogP contribution in [0.1, 0.15) is 75.4 Å². The number of hydrogen-bond acceptors (Lipinski definition) is 4. The number of hydrogen-bond donors (Lipinski definition) is 2. The zero-order chi connectivity index (χ0) is 20.2. The Morgan fingerprint density at radius 2 is 1.96 bits per heavy atom. The van der Waals surface area contributed by atoms with Gasteiger partial charge >= 0.3 is 0 Å². The summed E-state index contributed by atoms with van der Waals surface area (Å²) in [5.41, 5.74) is 1.38. The van der Waals surface area contributed by atoms with E-state index in [1.54, 1.807) is 4.88 Å². The molecular formula is C22H41N5S. The van der Waals surface area contributed by atoms with Gasteiger partial charge < -0.3 is 15.5 Å². The Balaban J connectivity index is 1.71. The highest BCUT2D eigenvalue weighted by Crippen LogP contribution is 2.27. The molecule has 1 unspecified atom stereocenters. The number of aliphatic imine (C=N–C) groups is 1. The molecule has 1 heterocycles. The first-order chi connectivity index (χ1) is 13.7. The van der Waals surface area contributed by atoms with Gasteiger partial charge in [0.1, 0.15) is 0 Å². The fourth-order valence-corrected chi connectivity index (χ4v) is 4.92. The van der Waals surface area contributed by atoms with Crippen LogP contribution >= 0.6 is 11.3 Å². The normalized spacial score (nSPS) is 15.5. The standard InChI is InChI=1S/C22H41N5S/c1-5-23-22(25-18(4)12-11-17-27(6-2)7-3)24-16-10-15-21-26-19-13-8-9-14-20(19)28-21/h18H,5-17H2,1-4H3,(H2,23,24,25). The summed E-state index contributed by atoms with van der Waals surface area (Å²) in [6.45, 7) is 14.1. The van der Waals surface area contributed by atoms with E-state index < -0.39 is 0 Å². The van der Waals surface area contributed by atoms with Gasteiger partial charge in [-0.2, -0.15) is 0 Å². The van der Waals surface area contributed by atoms with Crippen molar-refractivity contribution in [1.82, 2.24) is 20.5 Å². The summed E-state index contributed by atoms with van der Waals surface area (Å²) in [4.78, 5) is 13.7. The molecule has 28 heavy (non-hydrogen) atoms. The van der Waals surface area contributed by atoms with Crippen LogP contribution in [-0.2, 0) is 19.3 Å². The summed E-state index contributed by atoms with van der Waals surface area (Å²) in [5, 5.41) is 8.27. The van der Waals surface area contributed by atoms with Gasteiger partial charge in [0.05, 0.1) is 10.7 Å². The molecule has 2 N–H and O–H groups in total. The van der Waals surface area contributed by atoms with Gasteiger partial charge in [-0.1, -0.05) is 13.8 Å². The minimum Gasteiger partial charge on any atom is -0.357 e. The number of thiazole rings is 1. The highest BCUT2D eigenvalue weighted by atomic mass is 32.1. The van der Waals surface area contributed by atoms with Gasteiger partial charge in [-0.15, -0.1) is 11.3 Å². The van der Waals surface area contributed by atoms with Gasteiger partial charge in [0, 0.05) is 30.4 Å². The smallest absolute Gasteiger partial charge is 0.191 e. The monoisotopic (exact) mass is 407 g/mol. The molecule has 0 fully saturated rings. The average Bonchev–Trinajstić information content (AvgIpc) is 3.11. The van der Waals surface area contributed by atoms with Crippen molar-refractivity contribution in [2.45, 2.75) is 85.1 Å². The zero-order valence-corrected chi connectivity index (χ0v) is 19.3. The van der Waals surface area contributed by atoms with Crippen molar-refractivity contribution in [1.29, 1.82) is 0 Å². The molecule has 1 aliphatic carbocycles. The molecule has 1 atom stereocenters. The lowest BCUT2D eigenvalue weighted by molar-refractivity contribution is 0.292. The zero-order valence-electron chi connectivity index (χ0n) is 18.5. The molecule has 160 valence electrons. The Kier molecular flexibility index (Phi) is 10.9. The fraction of sp³-hybridized carbons (Fsp3) is 0.818. The predicted octanol–water partition coefficient (Wildman–Crippen LogP) is 4.02. The van der Waals surface area contributed by atoms with Crippen LogP contribution in [0.25, 0.3) is 0 Å². The molecule has 0 spiro atoms. The van der Waals surface area contributed by atoms with Crippen LogP contribution in [0.4, 0.5) is 0 Å². The molecule has 1 aromatic rings. The van der Waals surface area contributed by atoms with E-state index in [2.05, 4.69) is 43.2 Å². The van der Waals surface area contributed by atoms with Crippen molar-refractivity contribution in [3.05, 3.63) is 15.6 Å². The van der Waals surface area contributed by atoms with E-state index in [1.807, 2.05) is 11.3 Å². The maximum absolute atomic E-state index is 4.85. The first-order valence-corrected chi connectivity index (χ1v) is 12.2. The molecule has 1 aliphatic rings. The predicted molar refractivity (Wildman–Crippen MR) is 123 cm³/mol. The Bertz CT molecular complexity index is 556. The van der Waals surface area contributed by atoms with Gasteiger partial charge in [-0.25, -0.2) is 4.98 Å². The number of guanidine groups is 1. The van der Waals surface area contributed by atoms with Crippen LogP contribution in [0.5, 0.6) is 0 Å². The van der Waals surface area contributed by atoms with Crippen LogP contribution in [0.2, 0.25) is 0 Å². The van der Waals surface area contributed by atoms with E-state index in [1.165, 1.54) is 55.8 Å². The number of nitrogens with one attached hydrogen (secondary N) is 2. The lowest BCUT2D eigenvalue weighted by atomic mass is 10.0. The van der Waals surface area contributed by atoms with Crippen molar-refractivity contribution in [2.24, 2.45) is 4.99 Å². The highest BCUT2D eigenvalue weighted by Gasteiger charge is 2.14. The summed E-state index contributed by atoms with van der Waals surface area (Å²) < 4.78 is 0. The fourth-order valence-electron chi connectivity index (χ4n) is 3.72. The maximum Gasteiger partial charge on any atom is 0.191 e. The molecule has 0 amide bonds. The molecule has 6 heteroatoms. The van der Waals surface area contributed by atoms with Crippen molar-refractivity contribution in [3.63, 3.8) is 0 Å². The minimum absolute atomic E-state index is 0.444. The molecule has 0 aliphatic heterocycles. The molecule has 0 aromatic carbocycles. The van der Waals surface area contributed by atoms with Gasteiger partial charge in [0.25, 0.3) is 0 Å².